The van der Waals surface area contributed by atoms with Crippen LogP contribution >= 0.6 is 0 Å². The third-order valence-corrected chi connectivity index (χ3v) is 4.16. The number of nitrogens with zero attached hydrogens (tertiary/aromatic N) is 1. The number of benzene rings is 1. The third kappa shape index (κ3) is 2.25. The van der Waals surface area contributed by atoms with Crippen molar-refractivity contribution in [3.63, 3.8) is 0 Å². The molecule has 0 aromatic heterocycles. The summed E-state index contributed by atoms with van der Waals surface area (Å²) in [6.07, 6.45) is 1.32. The maximum Gasteiger partial charge on any atom is 0.0994 e. The number of aliphatic hydroxyl groups is 1. The molecule has 2 aliphatic heterocycles. The molecule has 2 heterocycles. The monoisotopic (exact) mass is 258 g/mol. The van der Waals surface area contributed by atoms with Crippen LogP contribution < -0.4 is 5.32 Å². The second kappa shape index (κ2) is 4.61. The average molecular weight is 258 g/mol. The Morgan fingerprint density at radius 1 is 1.37 bits per heavy atom. The summed E-state index contributed by atoms with van der Waals surface area (Å²) < 4.78 is 5.51. The van der Waals surface area contributed by atoms with Crippen molar-refractivity contribution in [1.29, 1.82) is 5.26 Å². The molecule has 4 nitrogen and oxygen atoms in total. The molecule has 1 aromatic rings. The molecule has 3 rings (SSSR count). The standard InChI is InChI=1S/C15H18N2O2/c1-10-4-12(3-2-11(10)7-16)15(18)5-13-8-19-9-14(6-15)17-13/h2-4,13-14,17-18H,5-6,8-9H2,1H3. The highest BCUT2D eigenvalue weighted by Gasteiger charge is 2.42. The highest BCUT2D eigenvalue weighted by Crippen LogP contribution is 2.37. The summed E-state index contributed by atoms with van der Waals surface area (Å²) in [6.45, 7) is 3.23. The van der Waals surface area contributed by atoms with Gasteiger partial charge in [-0.2, -0.15) is 5.26 Å². The minimum absolute atomic E-state index is 0.216. The first-order valence-electron chi connectivity index (χ1n) is 6.68. The molecular weight excluding hydrogens is 240 g/mol. The van der Waals surface area contributed by atoms with Crippen LogP contribution in [0.25, 0.3) is 0 Å². The van der Waals surface area contributed by atoms with E-state index >= 15 is 0 Å². The number of nitriles is 1. The lowest BCUT2D eigenvalue weighted by Gasteiger charge is -2.45. The van der Waals surface area contributed by atoms with Gasteiger partial charge in [0.1, 0.15) is 0 Å². The van der Waals surface area contributed by atoms with Gasteiger partial charge in [-0.05, 0) is 37.0 Å². The van der Waals surface area contributed by atoms with E-state index in [4.69, 9.17) is 10.00 Å². The lowest BCUT2D eigenvalue weighted by molar-refractivity contribution is -0.0802. The topological polar surface area (TPSA) is 65.3 Å². The van der Waals surface area contributed by atoms with E-state index in [9.17, 15) is 5.11 Å². The number of piperidine rings is 1. The Balaban J connectivity index is 1.92. The largest absolute Gasteiger partial charge is 0.385 e. The van der Waals surface area contributed by atoms with E-state index in [1.807, 2.05) is 19.1 Å². The molecule has 1 aromatic carbocycles. The molecule has 2 atom stereocenters. The van der Waals surface area contributed by atoms with E-state index in [0.29, 0.717) is 31.6 Å². The van der Waals surface area contributed by atoms with Gasteiger partial charge in [0.05, 0.1) is 30.4 Å². The number of morpholine rings is 1. The molecule has 0 radical (unpaired) electrons. The summed E-state index contributed by atoms with van der Waals surface area (Å²) in [7, 11) is 0. The van der Waals surface area contributed by atoms with Crippen molar-refractivity contribution < 1.29 is 9.84 Å². The molecule has 19 heavy (non-hydrogen) atoms. The van der Waals surface area contributed by atoms with Crippen LogP contribution in [-0.4, -0.2) is 30.4 Å². The van der Waals surface area contributed by atoms with Gasteiger partial charge >= 0.3 is 0 Å². The molecular formula is C15H18N2O2. The number of nitrogens with one attached hydrogen (secondary N) is 1. The van der Waals surface area contributed by atoms with Crippen molar-refractivity contribution >= 4 is 0 Å². The quantitative estimate of drug-likeness (QED) is 0.794. The average Bonchev–Trinajstić information content (AvgIpc) is 2.38. The fourth-order valence-corrected chi connectivity index (χ4v) is 3.23. The Bertz CT molecular complexity index is 523. The SMILES string of the molecule is Cc1cc(C2(O)CC3COCC(C2)N3)ccc1C#N. The predicted octanol–water partition coefficient (Wildman–Crippen LogP) is 1.21. The van der Waals surface area contributed by atoms with Gasteiger partial charge in [-0.15, -0.1) is 0 Å². The molecule has 2 N–H and O–H groups in total. The zero-order valence-corrected chi connectivity index (χ0v) is 11.0. The normalized spacial score (nSPS) is 33.7. The second-order valence-corrected chi connectivity index (χ2v) is 5.68. The molecule has 0 spiro atoms. The van der Waals surface area contributed by atoms with Crippen LogP contribution in [-0.2, 0) is 10.3 Å². The Morgan fingerprint density at radius 3 is 2.63 bits per heavy atom. The zero-order valence-electron chi connectivity index (χ0n) is 11.0. The molecule has 100 valence electrons. The van der Waals surface area contributed by atoms with Crippen LogP contribution in [0.15, 0.2) is 18.2 Å². The molecule has 2 bridgehead atoms. The number of rotatable bonds is 1. The minimum Gasteiger partial charge on any atom is -0.385 e. The van der Waals surface area contributed by atoms with E-state index in [2.05, 4.69) is 11.4 Å². The smallest absolute Gasteiger partial charge is 0.0994 e. The van der Waals surface area contributed by atoms with Gasteiger partial charge in [-0.1, -0.05) is 12.1 Å². The summed E-state index contributed by atoms with van der Waals surface area (Å²) in [5.41, 5.74) is 1.71. The first-order valence-corrected chi connectivity index (χ1v) is 6.68. The Labute approximate surface area is 113 Å². The van der Waals surface area contributed by atoms with E-state index in [-0.39, 0.29) is 12.1 Å². The molecule has 2 saturated heterocycles. The maximum atomic E-state index is 11.0. The van der Waals surface area contributed by atoms with E-state index in [0.717, 1.165) is 11.1 Å². The molecule has 2 aliphatic rings. The van der Waals surface area contributed by atoms with Crippen LogP contribution in [0.5, 0.6) is 0 Å². The second-order valence-electron chi connectivity index (χ2n) is 5.68. The summed E-state index contributed by atoms with van der Waals surface area (Å²) >= 11 is 0. The van der Waals surface area contributed by atoms with Crippen LogP contribution in [0.4, 0.5) is 0 Å². The molecule has 0 saturated carbocycles. The van der Waals surface area contributed by atoms with Gasteiger partial charge in [-0.3, -0.25) is 0 Å². The van der Waals surface area contributed by atoms with Crippen molar-refractivity contribution in [3.05, 3.63) is 34.9 Å². The fraction of sp³-hybridized carbons (Fsp3) is 0.533. The number of aryl methyl sites for hydroxylation is 1. The molecule has 2 fully saturated rings. The van der Waals surface area contributed by atoms with Crippen molar-refractivity contribution in [2.24, 2.45) is 0 Å². The van der Waals surface area contributed by atoms with Gasteiger partial charge in [0, 0.05) is 12.1 Å². The number of ether oxygens (including phenoxy) is 1. The van der Waals surface area contributed by atoms with Gasteiger partial charge in [-0.25, -0.2) is 0 Å². The van der Waals surface area contributed by atoms with E-state index in [1.165, 1.54) is 0 Å². The van der Waals surface area contributed by atoms with Crippen molar-refractivity contribution in [2.75, 3.05) is 13.2 Å². The Hall–Kier alpha value is -1.41. The predicted molar refractivity (Wildman–Crippen MR) is 70.6 cm³/mol. The lowest BCUT2D eigenvalue weighted by atomic mass is 9.77. The highest BCUT2D eigenvalue weighted by atomic mass is 16.5. The van der Waals surface area contributed by atoms with Crippen LogP contribution in [0.1, 0.15) is 29.5 Å². The molecule has 0 amide bonds. The molecule has 2 unspecified atom stereocenters. The minimum atomic E-state index is -0.802. The Kier molecular flexibility index (Phi) is 3.06. The van der Waals surface area contributed by atoms with Crippen molar-refractivity contribution in [2.45, 2.75) is 37.5 Å². The van der Waals surface area contributed by atoms with Crippen LogP contribution in [0.2, 0.25) is 0 Å². The first kappa shape index (κ1) is 12.6. The van der Waals surface area contributed by atoms with Gasteiger partial charge in [0.15, 0.2) is 0 Å². The zero-order chi connectivity index (χ0) is 13.5. The summed E-state index contributed by atoms with van der Waals surface area (Å²) in [6, 6.07) is 8.23. The molecule has 0 aliphatic carbocycles. The maximum absolute atomic E-state index is 11.0. The lowest BCUT2D eigenvalue weighted by Crippen LogP contribution is -2.58. The number of hydrogen-bond donors (Lipinski definition) is 2. The van der Waals surface area contributed by atoms with Crippen LogP contribution in [0.3, 0.4) is 0 Å². The third-order valence-electron chi connectivity index (χ3n) is 4.16. The van der Waals surface area contributed by atoms with Crippen molar-refractivity contribution in [3.8, 4) is 6.07 Å². The van der Waals surface area contributed by atoms with Gasteiger partial charge in [0.2, 0.25) is 0 Å². The Morgan fingerprint density at radius 2 is 2.05 bits per heavy atom. The van der Waals surface area contributed by atoms with E-state index < -0.39 is 5.60 Å². The summed E-state index contributed by atoms with van der Waals surface area (Å²) in [5.74, 6) is 0. The number of fused-ring (bicyclic) bond motifs is 2. The summed E-state index contributed by atoms with van der Waals surface area (Å²) in [5, 5.41) is 23.4. The van der Waals surface area contributed by atoms with Gasteiger partial charge in [0.25, 0.3) is 0 Å². The highest BCUT2D eigenvalue weighted by molar-refractivity contribution is 5.41. The van der Waals surface area contributed by atoms with Crippen molar-refractivity contribution in [1.82, 2.24) is 5.32 Å². The van der Waals surface area contributed by atoms with Crippen LogP contribution in [0, 0.1) is 18.3 Å². The fourth-order valence-electron chi connectivity index (χ4n) is 3.23. The molecule has 4 heteroatoms. The van der Waals surface area contributed by atoms with E-state index in [1.54, 1.807) is 6.07 Å². The number of hydrogen-bond acceptors (Lipinski definition) is 4. The first-order chi connectivity index (χ1) is 9.10. The van der Waals surface area contributed by atoms with Gasteiger partial charge < -0.3 is 15.2 Å². The summed E-state index contributed by atoms with van der Waals surface area (Å²) in [4.78, 5) is 0.